The fraction of sp³-hybridized carbons (Fsp3) is 0.417. The number of unbranched alkanes of at least 4 members (excludes halogenated alkanes) is 2. The van der Waals surface area contributed by atoms with Gasteiger partial charge in [0.25, 0.3) is 0 Å². The van der Waals surface area contributed by atoms with Crippen LogP contribution in [-0.4, -0.2) is 12.3 Å². The molecule has 2 N–H and O–H groups in total. The zero-order chi connectivity index (χ0) is 12.0. The maximum atomic E-state index is 13.2. The molecule has 0 aliphatic carbocycles. The molecular formula is C12H15F2NO. The average Bonchev–Trinajstić information content (AvgIpc) is 2.24. The molecule has 0 heterocycles. The minimum Gasteiger partial charge on any atom is -0.330 e. The zero-order valence-electron chi connectivity index (χ0n) is 9.01. The van der Waals surface area contributed by atoms with Gasteiger partial charge in [0.15, 0.2) is 5.78 Å². The lowest BCUT2D eigenvalue weighted by molar-refractivity contribution is 0.0975. The van der Waals surface area contributed by atoms with Gasteiger partial charge in [0, 0.05) is 12.5 Å². The van der Waals surface area contributed by atoms with E-state index in [0.29, 0.717) is 13.0 Å². The molecule has 0 amide bonds. The van der Waals surface area contributed by atoms with Crippen LogP contribution in [0.1, 0.15) is 36.0 Å². The monoisotopic (exact) mass is 227 g/mol. The lowest BCUT2D eigenvalue weighted by Gasteiger charge is -2.02. The summed E-state index contributed by atoms with van der Waals surface area (Å²) in [5.74, 6) is -1.74. The summed E-state index contributed by atoms with van der Waals surface area (Å²) in [6, 6.07) is 3.01. The van der Waals surface area contributed by atoms with Gasteiger partial charge in [-0.3, -0.25) is 4.79 Å². The fourth-order valence-electron chi connectivity index (χ4n) is 1.46. The second kappa shape index (κ2) is 6.33. The normalized spacial score (nSPS) is 10.4. The Labute approximate surface area is 93.5 Å². The highest BCUT2D eigenvalue weighted by molar-refractivity contribution is 5.96. The van der Waals surface area contributed by atoms with Crippen molar-refractivity contribution >= 4 is 5.78 Å². The Morgan fingerprint density at radius 3 is 2.56 bits per heavy atom. The van der Waals surface area contributed by atoms with Crippen LogP contribution >= 0.6 is 0 Å². The molecule has 4 heteroatoms. The summed E-state index contributed by atoms with van der Waals surface area (Å²) in [4.78, 5) is 11.5. The first-order valence-electron chi connectivity index (χ1n) is 5.33. The fourth-order valence-corrected chi connectivity index (χ4v) is 1.46. The molecule has 0 saturated carbocycles. The van der Waals surface area contributed by atoms with Crippen molar-refractivity contribution in [3.8, 4) is 0 Å². The largest absolute Gasteiger partial charge is 0.330 e. The standard InChI is InChI=1S/C12H15F2NO/c13-9-5-6-10(11(14)8-9)12(16)4-2-1-3-7-15/h5-6,8H,1-4,7,15H2. The number of hydrogen-bond acceptors (Lipinski definition) is 2. The Hall–Kier alpha value is -1.29. The number of rotatable bonds is 6. The number of ketones is 1. The molecule has 0 aliphatic rings. The molecule has 0 fully saturated rings. The Balaban J connectivity index is 2.53. The molecule has 0 spiro atoms. The number of carbonyl (C=O) groups is 1. The van der Waals surface area contributed by atoms with E-state index in [4.69, 9.17) is 5.73 Å². The number of nitrogens with two attached hydrogens (primary N) is 1. The quantitative estimate of drug-likeness (QED) is 0.599. The number of halogens is 2. The van der Waals surface area contributed by atoms with Crippen LogP contribution in [0.25, 0.3) is 0 Å². The summed E-state index contributed by atoms with van der Waals surface area (Å²) >= 11 is 0. The SMILES string of the molecule is NCCCCCC(=O)c1ccc(F)cc1F. The van der Waals surface area contributed by atoms with Crippen LogP contribution in [0.2, 0.25) is 0 Å². The third-order valence-electron chi connectivity index (χ3n) is 2.34. The topological polar surface area (TPSA) is 43.1 Å². The summed E-state index contributed by atoms with van der Waals surface area (Å²) in [5.41, 5.74) is 5.28. The second-order valence-electron chi connectivity index (χ2n) is 3.65. The van der Waals surface area contributed by atoms with Gasteiger partial charge in [-0.05, 0) is 31.5 Å². The molecule has 1 aromatic carbocycles. The van der Waals surface area contributed by atoms with E-state index in [-0.39, 0.29) is 17.8 Å². The van der Waals surface area contributed by atoms with Gasteiger partial charge in [-0.15, -0.1) is 0 Å². The van der Waals surface area contributed by atoms with E-state index < -0.39 is 11.6 Å². The average molecular weight is 227 g/mol. The van der Waals surface area contributed by atoms with Crippen molar-refractivity contribution in [2.24, 2.45) is 5.73 Å². The van der Waals surface area contributed by atoms with Crippen molar-refractivity contribution in [1.29, 1.82) is 0 Å². The van der Waals surface area contributed by atoms with Gasteiger partial charge in [-0.1, -0.05) is 6.42 Å². The maximum absolute atomic E-state index is 13.2. The zero-order valence-corrected chi connectivity index (χ0v) is 9.01. The first kappa shape index (κ1) is 12.8. The Kier molecular flexibility index (Phi) is 5.05. The van der Waals surface area contributed by atoms with Gasteiger partial charge >= 0.3 is 0 Å². The Bertz CT molecular complexity index is 366. The smallest absolute Gasteiger partial charge is 0.165 e. The summed E-state index contributed by atoms with van der Waals surface area (Å²) < 4.78 is 25.8. The summed E-state index contributed by atoms with van der Waals surface area (Å²) in [6.07, 6.45) is 2.68. The molecule has 1 aromatic rings. The molecule has 0 aliphatic heterocycles. The predicted octanol–water partition coefficient (Wildman–Crippen LogP) is 2.67. The van der Waals surface area contributed by atoms with Crippen LogP contribution in [0.5, 0.6) is 0 Å². The first-order valence-corrected chi connectivity index (χ1v) is 5.33. The first-order chi connectivity index (χ1) is 7.65. The van der Waals surface area contributed by atoms with E-state index in [1.807, 2.05) is 0 Å². The second-order valence-corrected chi connectivity index (χ2v) is 3.65. The molecule has 0 unspecified atom stereocenters. The number of carbonyl (C=O) groups excluding carboxylic acids is 1. The van der Waals surface area contributed by atoms with Crippen molar-refractivity contribution in [2.75, 3.05) is 6.54 Å². The predicted molar refractivity (Wildman–Crippen MR) is 58.2 cm³/mol. The third-order valence-corrected chi connectivity index (χ3v) is 2.34. The highest BCUT2D eigenvalue weighted by Crippen LogP contribution is 2.13. The highest BCUT2D eigenvalue weighted by Gasteiger charge is 2.11. The van der Waals surface area contributed by atoms with Crippen LogP contribution in [0.3, 0.4) is 0 Å². The van der Waals surface area contributed by atoms with E-state index in [1.54, 1.807) is 0 Å². The number of benzene rings is 1. The van der Waals surface area contributed by atoms with Crippen LogP contribution in [-0.2, 0) is 0 Å². The summed E-state index contributed by atoms with van der Waals surface area (Å²) in [6.45, 7) is 0.596. The van der Waals surface area contributed by atoms with Crippen molar-refractivity contribution in [1.82, 2.24) is 0 Å². The molecule has 1 rings (SSSR count). The van der Waals surface area contributed by atoms with Crippen molar-refractivity contribution in [3.05, 3.63) is 35.4 Å². The third kappa shape index (κ3) is 3.70. The van der Waals surface area contributed by atoms with E-state index in [0.717, 1.165) is 25.0 Å². The van der Waals surface area contributed by atoms with E-state index in [2.05, 4.69) is 0 Å². The maximum Gasteiger partial charge on any atom is 0.165 e. The molecule has 0 bridgehead atoms. The highest BCUT2D eigenvalue weighted by atomic mass is 19.1. The summed E-state index contributed by atoms with van der Waals surface area (Å²) in [7, 11) is 0. The van der Waals surface area contributed by atoms with Gasteiger partial charge in [-0.2, -0.15) is 0 Å². The molecule has 88 valence electrons. The summed E-state index contributed by atoms with van der Waals surface area (Å²) in [5, 5.41) is 0. The molecule has 0 atom stereocenters. The molecule has 16 heavy (non-hydrogen) atoms. The van der Waals surface area contributed by atoms with E-state index >= 15 is 0 Å². The van der Waals surface area contributed by atoms with Gasteiger partial charge in [-0.25, -0.2) is 8.78 Å². The Morgan fingerprint density at radius 1 is 1.19 bits per heavy atom. The lowest BCUT2D eigenvalue weighted by atomic mass is 10.0. The van der Waals surface area contributed by atoms with Crippen LogP contribution in [0.15, 0.2) is 18.2 Å². The molecule has 2 nitrogen and oxygen atoms in total. The minimum absolute atomic E-state index is 0.0332. The van der Waals surface area contributed by atoms with Gasteiger partial charge in [0.1, 0.15) is 11.6 Å². The van der Waals surface area contributed by atoms with Gasteiger partial charge in [0.05, 0.1) is 5.56 Å². The van der Waals surface area contributed by atoms with Crippen LogP contribution in [0.4, 0.5) is 8.78 Å². The van der Waals surface area contributed by atoms with Crippen molar-refractivity contribution < 1.29 is 13.6 Å². The number of hydrogen-bond donors (Lipinski definition) is 1. The van der Waals surface area contributed by atoms with E-state index in [1.165, 1.54) is 6.07 Å². The number of Topliss-reactive ketones (excluding diaryl/α,β-unsaturated/α-hetero) is 1. The molecular weight excluding hydrogens is 212 g/mol. The van der Waals surface area contributed by atoms with Crippen molar-refractivity contribution in [2.45, 2.75) is 25.7 Å². The van der Waals surface area contributed by atoms with Crippen LogP contribution in [0, 0.1) is 11.6 Å². The minimum atomic E-state index is -0.788. The van der Waals surface area contributed by atoms with Crippen molar-refractivity contribution in [3.63, 3.8) is 0 Å². The van der Waals surface area contributed by atoms with Gasteiger partial charge < -0.3 is 5.73 Å². The molecule has 0 aromatic heterocycles. The lowest BCUT2D eigenvalue weighted by Crippen LogP contribution is -2.04. The van der Waals surface area contributed by atoms with Crippen LogP contribution < -0.4 is 5.73 Å². The molecule has 0 saturated heterocycles. The van der Waals surface area contributed by atoms with E-state index in [9.17, 15) is 13.6 Å². The Morgan fingerprint density at radius 2 is 1.94 bits per heavy atom. The van der Waals surface area contributed by atoms with Gasteiger partial charge in [0.2, 0.25) is 0 Å². The molecule has 0 radical (unpaired) electrons.